The highest BCUT2D eigenvalue weighted by atomic mass is 79.9. The molecule has 2 unspecified atom stereocenters. The summed E-state index contributed by atoms with van der Waals surface area (Å²) in [5.74, 6) is 0.236. The smallest absolute Gasteiger partial charge is 0.242 e. The zero-order chi connectivity index (χ0) is 15.7. The first-order valence-corrected chi connectivity index (χ1v) is 10.1. The van der Waals surface area contributed by atoms with Gasteiger partial charge in [-0.05, 0) is 52.9 Å². The quantitative estimate of drug-likeness (QED) is 0.754. The molecule has 0 radical (unpaired) electrons. The Morgan fingerprint density at radius 3 is 2.67 bits per heavy atom. The topological polar surface area (TPSA) is 72.2 Å². The number of sulfonamides is 1. The van der Waals surface area contributed by atoms with E-state index >= 15 is 0 Å². The fourth-order valence-electron chi connectivity index (χ4n) is 2.93. The first kappa shape index (κ1) is 17.4. The van der Waals surface area contributed by atoms with Gasteiger partial charge in [-0.2, -0.15) is 0 Å². The molecule has 4 nitrogen and oxygen atoms in total. The first-order valence-electron chi connectivity index (χ1n) is 7.00. The van der Waals surface area contributed by atoms with Crippen LogP contribution in [0.25, 0.3) is 0 Å². The Morgan fingerprint density at radius 1 is 1.38 bits per heavy atom. The molecule has 21 heavy (non-hydrogen) atoms. The van der Waals surface area contributed by atoms with Crippen molar-refractivity contribution in [2.75, 3.05) is 6.54 Å². The van der Waals surface area contributed by atoms with Crippen LogP contribution in [0.3, 0.4) is 0 Å². The third-order valence-electron chi connectivity index (χ3n) is 4.34. The Hall–Kier alpha value is 0.0500. The number of halogens is 2. The Morgan fingerprint density at radius 2 is 2.10 bits per heavy atom. The van der Waals surface area contributed by atoms with Crippen LogP contribution in [0.5, 0.6) is 0 Å². The molecule has 1 aromatic rings. The third kappa shape index (κ3) is 3.69. The molecular formula is C14H20Br2N2O2S. The lowest BCUT2D eigenvalue weighted by Crippen LogP contribution is -2.58. The van der Waals surface area contributed by atoms with E-state index in [4.69, 9.17) is 5.73 Å². The lowest BCUT2D eigenvalue weighted by molar-refractivity contribution is 0.191. The highest BCUT2D eigenvalue weighted by Crippen LogP contribution is 2.35. The Bertz CT molecular complexity index is 621. The highest BCUT2D eigenvalue weighted by Gasteiger charge is 2.40. The standard InChI is InChI=1S/C14H20Br2N2O2S/c1-10-4-2-3-7-14(10,9-17)18-21(19,20)13-6-5-11(15)8-12(13)16/h5-6,8,10,18H,2-4,7,9,17H2,1H3. The van der Waals surface area contributed by atoms with Crippen molar-refractivity contribution < 1.29 is 8.42 Å². The summed E-state index contributed by atoms with van der Waals surface area (Å²) in [6.45, 7) is 2.40. The van der Waals surface area contributed by atoms with Crippen LogP contribution in [-0.4, -0.2) is 20.5 Å². The van der Waals surface area contributed by atoms with Crippen LogP contribution in [0, 0.1) is 5.92 Å². The van der Waals surface area contributed by atoms with Gasteiger partial charge < -0.3 is 5.73 Å². The molecular weight excluding hydrogens is 420 g/mol. The van der Waals surface area contributed by atoms with E-state index in [-0.39, 0.29) is 10.8 Å². The van der Waals surface area contributed by atoms with Gasteiger partial charge >= 0.3 is 0 Å². The molecule has 1 aliphatic rings. The summed E-state index contributed by atoms with van der Waals surface area (Å²) in [5, 5.41) is 0. The van der Waals surface area contributed by atoms with Crippen molar-refractivity contribution in [3.05, 3.63) is 27.1 Å². The summed E-state index contributed by atoms with van der Waals surface area (Å²) in [5.41, 5.74) is 5.39. The van der Waals surface area contributed by atoms with Crippen molar-refractivity contribution in [1.82, 2.24) is 4.72 Å². The van der Waals surface area contributed by atoms with Gasteiger partial charge in [0.2, 0.25) is 10.0 Å². The van der Waals surface area contributed by atoms with Gasteiger partial charge in [0.05, 0.1) is 4.90 Å². The molecule has 1 aromatic carbocycles. The van der Waals surface area contributed by atoms with E-state index < -0.39 is 15.6 Å². The molecule has 2 rings (SSSR count). The van der Waals surface area contributed by atoms with Crippen molar-refractivity contribution in [1.29, 1.82) is 0 Å². The second kappa shape index (κ2) is 6.66. The van der Waals surface area contributed by atoms with Crippen molar-refractivity contribution in [2.45, 2.75) is 43.0 Å². The molecule has 7 heteroatoms. The zero-order valence-electron chi connectivity index (χ0n) is 11.9. The van der Waals surface area contributed by atoms with Crippen molar-refractivity contribution >= 4 is 41.9 Å². The van der Waals surface area contributed by atoms with Gasteiger partial charge in [-0.25, -0.2) is 13.1 Å². The van der Waals surface area contributed by atoms with E-state index in [1.807, 2.05) is 0 Å². The summed E-state index contributed by atoms with van der Waals surface area (Å²) in [4.78, 5) is 0.247. The number of hydrogen-bond donors (Lipinski definition) is 2. The number of benzene rings is 1. The van der Waals surface area contributed by atoms with Crippen molar-refractivity contribution in [3.8, 4) is 0 Å². The van der Waals surface area contributed by atoms with E-state index in [1.54, 1.807) is 18.2 Å². The van der Waals surface area contributed by atoms with Crippen LogP contribution in [0.1, 0.15) is 32.6 Å². The molecule has 1 aliphatic carbocycles. The maximum absolute atomic E-state index is 12.7. The van der Waals surface area contributed by atoms with E-state index in [0.29, 0.717) is 11.0 Å². The molecule has 2 atom stereocenters. The number of hydrogen-bond acceptors (Lipinski definition) is 3. The van der Waals surface area contributed by atoms with Gasteiger partial charge in [0.25, 0.3) is 0 Å². The van der Waals surface area contributed by atoms with Gasteiger partial charge in [-0.3, -0.25) is 0 Å². The molecule has 0 aromatic heterocycles. The summed E-state index contributed by atoms with van der Waals surface area (Å²) in [6, 6.07) is 5.04. The summed E-state index contributed by atoms with van der Waals surface area (Å²) < 4.78 is 29.7. The summed E-state index contributed by atoms with van der Waals surface area (Å²) in [6.07, 6.45) is 3.93. The Kier molecular flexibility index (Phi) is 5.52. The van der Waals surface area contributed by atoms with Gasteiger partial charge in [0.15, 0.2) is 0 Å². The second-order valence-electron chi connectivity index (χ2n) is 5.69. The van der Waals surface area contributed by atoms with E-state index in [1.165, 1.54) is 0 Å². The monoisotopic (exact) mass is 438 g/mol. The summed E-state index contributed by atoms with van der Waals surface area (Å²) in [7, 11) is -3.61. The SMILES string of the molecule is CC1CCCCC1(CN)NS(=O)(=O)c1ccc(Br)cc1Br. The van der Waals surface area contributed by atoms with Gasteiger partial charge in [0, 0.05) is 21.0 Å². The molecule has 0 heterocycles. The van der Waals surface area contributed by atoms with Crippen molar-refractivity contribution in [3.63, 3.8) is 0 Å². The lowest BCUT2D eigenvalue weighted by Gasteiger charge is -2.42. The fourth-order valence-corrected chi connectivity index (χ4v) is 6.21. The molecule has 3 N–H and O–H groups in total. The average Bonchev–Trinajstić information content (AvgIpc) is 2.40. The molecule has 1 saturated carbocycles. The zero-order valence-corrected chi connectivity index (χ0v) is 15.9. The van der Waals surface area contributed by atoms with Crippen LogP contribution in [-0.2, 0) is 10.0 Å². The van der Waals surface area contributed by atoms with E-state index in [0.717, 1.165) is 30.2 Å². The molecule has 0 aliphatic heterocycles. The fraction of sp³-hybridized carbons (Fsp3) is 0.571. The average molecular weight is 440 g/mol. The number of rotatable bonds is 4. The largest absolute Gasteiger partial charge is 0.329 e. The molecule has 0 spiro atoms. The minimum atomic E-state index is -3.61. The van der Waals surface area contributed by atoms with Crippen LogP contribution in [0.2, 0.25) is 0 Å². The van der Waals surface area contributed by atoms with Crippen LogP contribution in [0.4, 0.5) is 0 Å². The maximum Gasteiger partial charge on any atom is 0.242 e. The predicted molar refractivity (Wildman–Crippen MR) is 91.6 cm³/mol. The van der Waals surface area contributed by atoms with Crippen molar-refractivity contribution in [2.24, 2.45) is 11.7 Å². The number of nitrogens with two attached hydrogens (primary N) is 1. The third-order valence-corrected chi connectivity index (χ3v) is 7.36. The minimum Gasteiger partial charge on any atom is -0.329 e. The Balaban J connectivity index is 2.35. The van der Waals surface area contributed by atoms with E-state index in [9.17, 15) is 8.42 Å². The second-order valence-corrected chi connectivity index (χ2v) is 9.11. The molecule has 1 fully saturated rings. The summed E-state index contributed by atoms with van der Waals surface area (Å²) >= 11 is 6.65. The normalized spacial score (nSPS) is 26.8. The van der Waals surface area contributed by atoms with Crippen LogP contribution in [0.15, 0.2) is 32.0 Å². The molecule has 0 amide bonds. The number of nitrogens with one attached hydrogen (secondary N) is 1. The van der Waals surface area contributed by atoms with Gasteiger partial charge in [-0.15, -0.1) is 0 Å². The Labute approximate surface area is 143 Å². The molecule has 0 saturated heterocycles. The van der Waals surface area contributed by atoms with E-state index in [2.05, 4.69) is 43.5 Å². The van der Waals surface area contributed by atoms with Gasteiger partial charge in [0.1, 0.15) is 0 Å². The molecule has 0 bridgehead atoms. The van der Waals surface area contributed by atoms with Crippen LogP contribution >= 0.6 is 31.9 Å². The first-order chi connectivity index (χ1) is 9.81. The highest BCUT2D eigenvalue weighted by molar-refractivity contribution is 9.11. The van der Waals surface area contributed by atoms with Crippen LogP contribution < -0.4 is 10.5 Å². The maximum atomic E-state index is 12.7. The predicted octanol–water partition coefficient (Wildman–Crippen LogP) is 3.40. The molecule has 118 valence electrons. The minimum absolute atomic E-state index is 0.236. The van der Waals surface area contributed by atoms with Gasteiger partial charge in [-0.1, -0.05) is 35.7 Å². The lowest BCUT2D eigenvalue weighted by atomic mass is 9.74.